The third kappa shape index (κ3) is 4.55. The lowest BCUT2D eigenvalue weighted by molar-refractivity contribution is -0.0245. The van der Waals surface area contributed by atoms with Gasteiger partial charge in [-0.25, -0.2) is 19.7 Å². The molecule has 6 N–H and O–H groups in total. The summed E-state index contributed by atoms with van der Waals surface area (Å²) in [5.74, 6) is 0.568. The summed E-state index contributed by atoms with van der Waals surface area (Å²) >= 11 is 0. The SMILES string of the molecule is Nc1ccn([C@H]2CC[C@@H](CO)O2)c(=O)n1.Nc1ncnc2c1ncn2[C@H]1CC[C@@H](CO)O1. The van der Waals surface area contributed by atoms with Crippen LogP contribution in [0, 0.1) is 0 Å². The average molecular weight is 446 g/mol. The van der Waals surface area contributed by atoms with Crippen molar-refractivity contribution in [3.8, 4) is 0 Å². The molecule has 0 unspecified atom stereocenters. The molecule has 32 heavy (non-hydrogen) atoms. The lowest BCUT2D eigenvalue weighted by Crippen LogP contribution is -2.27. The highest BCUT2D eigenvalue weighted by molar-refractivity contribution is 5.81. The summed E-state index contributed by atoms with van der Waals surface area (Å²) in [4.78, 5) is 27.3. The molecule has 2 aliphatic rings. The van der Waals surface area contributed by atoms with Crippen LogP contribution >= 0.6 is 0 Å². The summed E-state index contributed by atoms with van der Waals surface area (Å²) in [5, 5.41) is 17.9. The van der Waals surface area contributed by atoms with Gasteiger partial charge in [-0.15, -0.1) is 0 Å². The van der Waals surface area contributed by atoms with Gasteiger partial charge in [0, 0.05) is 6.20 Å². The fourth-order valence-electron chi connectivity index (χ4n) is 3.78. The molecular weight excluding hydrogens is 420 g/mol. The summed E-state index contributed by atoms with van der Waals surface area (Å²) < 4.78 is 14.4. The van der Waals surface area contributed by atoms with Crippen molar-refractivity contribution in [1.82, 2.24) is 29.1 Å². The standard InChI is InChI=1S/C10H13N5O2.C9H13N3O3/c11-9-8-10(13-4-12-9)15(5-14-8)7-2-1-6(3-16)17-7;10-7-3-4-12(9(14)11-7)8-2-1-6(5-13)15-8/h4-7,16H,1-3H2,(H2,11,12,13);3-4,6,8,13H,1-2,5H2,(H2,10,11,14)/t6-,7+;6-,8+/m00/s1. The minimum absolute atomic E-state index is 0.0202. The van der Waals surface area contributed by atoms with Gasteiger partial charge in [0.25, 0.3) is 0 Å². The topological polar surface area (TPSA) is 189 Å². The predicted octanol–water partition coefficient (Wildman–Crippen LogP) is -0.426. The summed E-state index contributed by atoms with van der Waals surface area (Å²) in [7, 11) is 0. The zero-order valence-electron chi connectivity index (χ0n) is 17.3. The molecule has 172 valence electrons. The van der Waals surface area contributed by atoms with Crippen LogP contribution in [0.25, 0.3) is 11.2 Å². The number of anilines is 2. The van der Waals surface area contributed by atoms with E-state index in [1.165, 1.54) is 10.9 Å². The lowest BCUT2D eigenvalue weighted by Gasteiger charge is -2.14. The van der Waals surface area contributed by atoms with Gasteiger partial charge in [-0.1, -0.05) is 0 Å². The molecule has 0 radical (unpaired) electrons. The van der Waals surface area contributed by atoms with Crippen LogP contribution in [0.15, 0.2) is 29.7 Å². The zero-order chi connectivity index (χ0) is 22.7. The number of rotatable bonds is 4. The number of aliphatic hydroxyl groups is 2. The van der Waals surface area contributed by atoms with E-state index >= 15 is 0 Å². The number of aromatic nitrogens is 6. The molecule has 0 spiro atoms. The van der Waals surface area contributed by atoms with Gasteiger partial charge in [0.05, 0.1) is 31.7 Å². The maximum atomic E-state index is 11.5. The Morgan fingerprint density at radius 1 is 0.969 bits per heavy atom. The first-order valence-electron chi connectivity index (χ1n) is 10.3. The summed E-state index contributed by atoms with van der Waals surface area (Å²) in [5.41, 5.74) is 11.9. The summed E-state index contributed by atoms with van der Waals surface area (Å²) in [6.07, 6.45) is 7.01. The number of aliphatic hydroxyl groups excluding tert-OH is 2. The van der Waals surface area contributed by atoms with Gasteiger partial charge in [0.1, 0.15) is 30.1 Å². The average Bonchev–Trinajstić information content (AvgIpc) is 3.53. The van der Waals surface area contributed by atoms with Crippen molar-refractivity contribution in [2.75, 3.05) is 24.7 Å². The molecule has 4 atom stereocenters. The van der Waals surface area contributed by atoms with Gasteiger partial charge in [0.2, 0.25) is 0 Å². The lowest BCUT2D eigenvalue weighted by atomic mass is 10.2. The van der Waals surface area contributed by atoms with Crippen molar-refractivity contribution < 1.29 is 19.7 Å². The van der Waals surface area contributed by atoms with Crippen LogP contribution in [0.5, 0.6) is 0 Å². The van der Waals surface area contributed by atoms with Crippen LogP contribution in [0.2, 0.25) is 0 Å². The molecular formula is C19H26N8O5. The van der Waals surface area contributed by atoms with Crippen molar-refractivity contribution >= 4 is 22.8 Å². The Kier molecular flexibility index (Phi) is 6.60. The second kappa shape index (κ2) is 9.56. The fraction of sp³-hybridized carbons (Fsp3) is 0.526. The Labute approximate surface area is 182 Å². The molecule has 13 heteroatoms. The van der Waals surface area contributed by atoms with Gasteiger partial charge in [0.15, 0.2) is 11.5 Å². The molecule has 0 bridgehead atoms. The van der Waals surface area contributed by atoms with Crippen molar-refractivity contribution in [2.24, 2.45) is 0 Å². The Bertz CT molecular complexity index is 1120. The highest BCUT2D eigenvalue weighted by Crippen LogP contribution is 2.30. The smallest absolute Gasteiger partial charge is 0.351 e. The highest BCUT2D eigenvalue weighted by atomic mass is 16.5. The van der Waals surface area contributed by atoms with Crippen molar-refractivity contribution in [2.45, 2.75) is 50.3 Å². The number of imidazole rings is 1. The minimum Gasteiger partial charge on any atom is -0.394 e. The first-order chi connectivity index (χ1) is 15.5. The highest BCUT2D eigenvalue weighted by Gasteiger charge is 2.28. The molecule has 2 saturated heterocycles. The van der Waals surface area contributed by atoms with E-state index in [4.69, 9.17) is 31.2 Å². The van der Waals surface area contributed by atoms with Crippen molar-refractivity contribution in [3.63, 3.8) is 0 Å². The van der Waals surface area contributed by atoms with E-state index in [9.17, 15) is 4.79 Å². The van der Waals surface area contributed by atoms with Crippen LogP contribution in [0.4, 0.5) is 11.6 Å². The largest absolute Gasteiger partial charge is 0.394 e. The first kappa shape index (κ1) is 22.1. The molecule has 0 aromatic carbocycles. The Balaban J connectivity index is 0.000000155. The Morgan fingerprint density at radius 2 is 1.62 bits per heavy atom. The van der Waals surface area contributed by atoms with E-state index in [1.807, 2.05) is 4.57 Å². The zero-order valence-corrected chi connectivity index (χ0v) is 17.3. The quantitative estimate of drug-likeness (QED) is 0.407. The van der Waals surface area contributed by atoms with Crippen LogP contribution < -0.4 is 17.2 Å². The van der Waals surface area contributed by atoms with E-state index in [-0.39, 0.29) is 43.7 Å². The Hall–Kier alpha value is -3.13. The molecule has 2 aliphatic heterocycles. The van der Waals surface area contributed by atoms with Gasteiger partial charge in [-0.05, 0) is 31.7 Å². The van der Waals surface area contributed by atoms with Gasteiger partial charge < -0.3 is 31.2 Å². The minimum atomic E-state index is -0.418. The molecule has 5 rings (SSSR count). The Morgan fingerprint density at radius 3 is 2.22 bits per heavy atom. The normalized spacial score (nSPS) is 25.1. The number of ether oxygens (including phenoxy) is 2. The first-order valence-corrected chi connectivity index (χ1v) is 10.3. The van der Waals surface area contributed by atoms with E-state index < -0.39 is 5.69 Å². The molecule has 0 amide bonds. The molecule has 2 fully saturated rings. The van der Waals surface area contributed by atoms with Crippen LogP contribution in [0.3, 0.4) is 0 Å². The number of nitrogen functional groups attached to an aromatic ring is 2. The molecule has 13 nitrogen and oxygen atoms in total. The van der Waals surface area contributed by atoms with E-state index in [0.717, 1.165) is 19.3 Å². The van der Waals surface area contributed by atoms with Crippen LogP contribution in [0.1, 0.15) is 38.1 Å². The number of hydrogen-bond donors (Lipinski definition) is 4. The van der Waals surface area contributed by atoms with Crippen LogP contribution in [-0.4, -0.2) is 64.7 Å². The maximum Gasteiger partial charge on any atom is 0.351 e. The summed E-state index contributed by atoms with van der Waals surface area (Å²) in [6.45, 7) is 0.0217. The molecule has 0 saturated carbocycles. The van der Waals surface area contributed by atoms with E-state index in [2.05, 4.69) is 19.9 Å². The number of nitrogens with zero attached hydrogens (tertiary/aromatic N) is 6. The van der Waals surface area contributed by atoms with Crippen LogP contribution in [-0.2, 0) is 9.47 Å². The van der Waals surface area contributed by atoms with Crippen molar-refractivity contribution in [1.29, 1.82) is 0 Å². The third-order valence-corrected chi connectivity index (χ3v) is 5.44. The van der Waals surface area contributed by atoms with Gasteiger partial charge >= 0.3 is 5.69 Å². The predicted molar refractivity (Wildman–Crippen MR) is 113 cm³/mol. The second-order valence-electron chi connectivity index (χ2n) is 7.57. The van der Waals surface area contributed by atoms with Crippen molar-refractivity contribution in [3.05, 3.63) is 35.4 Å². The summed E-state index contributed by atoms with van der Waals surface area (Å²) in [6, 6.07) is 1.55. The van der Waals surface area contributed by atoms with Gasteiger partial charge in [-0.2, -0.15) is 4.98 Å². The molecule has 3 aromatic heterocycles. The number of hydrogen-bond acceptors (Lipinski definition) is 11. The molecule has 3 aromatic rings. The maximum absolute atomic E-state index is 11.5. The van der Waals surface area contributed by atoms with Gasteiger partial charge in [-0.3, -0.25) is 9.13 Å². The monoisotopic (exact) mass is 446 g/mol. The second-order valence-corrected chi connectivity index (χ2v) is 7.57. The number of nitrogens with two attached hydrogens (primary N) is 2. The molecule has 0 aliphatic carbocycles. The fourth-order valence-corrected chi connectivity index (χ4v) is 3.78. The third-order valence-electron chi connectivity index (χ3n) is 5.44. The number of fused-ring (bicyclic) bond motifs is 1. The van der Waals surface area contributed by atoms with E-state index in [1.54, 1.807) is 18.6 Å². The molecule has 5 heterocycles. The van der Waals surface area contributed by atoms with E-state index in [0.29, 0.717) is 23.4 Å².